The van der Waals surface area contributed by atoms with Gasteiger partial charge in [0, 0.05) is 19.5 Å². The van der Waals surface area contributed by atoms with Crippen LogP contribution in [0.1, 0.15) is 39.5 Å². The van der Waals surface area contributed by atoms with Crippen molar-refractivity contribution in [1.29, 1.82) is 0 Å². The third-order valence-electron chi connectivity index (χ3n) is 2.92. The predicted molar refractivity (Wildman–Crippen MR) is 72.0 cm³/mol. The lowest BCUT2D eigenvalue weighted by Crippen LogP contribution is -2.45. The zero-order chi connectivity index (χ0) is 16.5. The van der Waals surface area contributed by atoms with E-state index in [9.17, 15) is 22.8 Å². The number of rotatable bonds is 9. The lowest BCUT2D eigenvalue weighted by Gasteiger charge is -2.24. The zero-order valence-corrected chi connectivity index (χ0v) is 12.4. The molecular weight excluding hydrogens is 289 g/mol. The van der Waals surface area contributed by atoms with Gasteiger partial charge in [0.2, 0.25) is 0 Å². The van der Waals surface area contributed by atoms with Crippen LogP contribution in [0.3, 0.4) is 0 Å². The number of amides is 2. The highest BCUT2D eigenvalue weighted by Gasteiger charge is 2.32. The van der Waals surface area contributed by atoms with E-state index >= 15 is 0 Å². The van der Waals surface area contributed by atoms with Gasteiger partial charge >= 0.3 is 18.2 Å². The standard InChI is InChI=1S/C13H23F3N2O3/c1-3-8-18(9-13(14,15)16)12(21)17-7-6-10(2)4-5-11(19)20/h10H,3-9H2,1-2H3,(H,17,21)(H,19,20). The molecule has 0 heterocycles. The summed E-state index contributed by atoms with van der Waals surface area (Å²) < 4.78 is 37.0. The number of alkyl halides is 3. The summed E-state index contributed by atoms with van der Waals surface area (Å²) in [6.45, 7) is 2.55. The van der Waals surface area contributed by atoms with Crippen LogP contribution in [0.2, 0.25) is 0 Å². The Morgan fingerprint density at radius 2 is 1.90 bits per heavy atom. The van der Waals surface area contributed by atoms with E-state index < -0.39 is 24.7 Å². The maximum atomic E-state index is 12.3. The van der Waals surface area contributed by atoms with E-state index in [-0.39, 0.29) is 25.4 Å². The van der Waals surface area contributed by atoms with Crippen LogP contribution in [-0.4, -0.2) is 47.8 Å². The first-order valence-corrected chi connectivity index (χ1v) is 6.97. The minimum absolute atomic E-state index is 0.0416. The number of carbonyl (C=O) groups is 2. The van der Waals surface area contributed by atoms with Crippen molar-refractivity contribution < 1.29 is 27.9 Å². The van der Waals surface area contributed by atoms with Crippen molar-refractivity contribution in [2.75, 3.05) is 19.6 Å². The Hall–Kier alpha value is -1.47. The number of nitrogens with zero attached hydrogens (tertiary/aromatic N) is 1. The number of carbonyl (C=O) groups excluding carboxylic acids is 1. The average Bonchev–Trinajstić information content (AvgIpc) is 2.34. The van der Waals surface area contributed by atoms with Gasteiger partial charge in [-0.1, -0.05) is 13.8 Å². The topological polar surface area (TPSA) is 69.6 Å². The molecular formula is C13H23F3N2O3. The monoisotopic (exact) mass is 312 g/mol. The maximum Gasteiger partial charge on any atom is 0.406 e. The van der Waals surface area contributed by atoms with Crippen molar-refractivity contribution in [2.24, 2.45) is 5.92 Å². The van der Waals surface area contributed by atoms with E-state index in [1.54, 1.807) is 6.92 Å². The quantitative estimate of drug-likeness (QED) is 0.688. The fourth-order valence-electron chi connectivity index (χ4n) is 1.79. The van der Waals surface area contributed by atoms with Crippen molar-refractivity contribution >= 4 is 12.0 Å². The number of nitrogens with one attached hydrogen (secondary N) is 1. The third-order valence-corrected chi connectivity index (χ3v) is 2.92. The molecule has 124 valence electrons. The Balaban J connectivity index is 4.10. The molecule has 2 amide bonds. The van der Waals surface area contributed by atoms with Crippen LogP contribution >= 0.6 is 0 Å². The minimum atomic E-state index is -4.42. The summed E-state index contributed by atoms with van der Waals surface area (Å²) in [6.07, 6.45) is -2.91. The summed E-state index contributed by atoms with van der Waals surface area (Å²) in [5.41, 5.74) is 0. The Kier molecular flexibility index (Phi) is 8.80. The van der Waals surface area contributed by atoms with Gasteiger partial charge in [-0.3, -0.25) is 4.79 Å². The smallest absolute Gasteiger partial charge is 0.406 e. The molecule has 0 fully saturated rings. The van der Waals surface area contributed by atoms with Gasteiger partial charge in [0.25, 0.3) is 0 Å². The van der Waals surface area contributed by atoms with Crippen molar-refractivity contribution in [3.8, 4) is 0 Å². The van der Waals surface area contributed by atoms with Gasteiger partial charge in [-0.05, 0) is 25.2 Å². The van der Waals surface area contributed by atoms with Gasteiger partial charge in [-0.25, -0.2) is 4.79 Å². The van der Waals surface area contributed by atoms with Crippen molar-refractivity contribution in [2.45, 2.75) is 45.7 Å². The molecule has 0 aliphatic heterocycles. The molecule has 1 unspecified atom stereocenters. The maximum absolute atomic E-state index is 12.3. The van der Waals surface area contributed by atoms with Crippen molar-refractivity contribution in [3.63, 3.8) is 0 Å². The van der Waals surface area contributed by atoms with Gasteiger partial charge < -0.3 is 15.3 Å². The molecule has 0 radical (unpaired) electrons. The van der Waals surface area contributed by atoms with Gasteiger partial charge in [-0.2, -0.15) is 13.2 Å². The molecule has 0 aliphatic carbocycles. The number of urea groups is 1. The average molecular weight is 312 g/mol. The normalized spacial score (nSPS) is 12.8. The summed E-state index contributed by atoms with van der Waals surface area (Å²) in [5.74, 6) is -0.797. The molecule has 0 aromatic heterocycles. The van der Waals surface area contributed by atoms with Crippen molar-refractivity contribution in [1.82, 2.24) is 10.2 Å². The molecule has 0 saturated heterocycles. The highest BCUT2D eigenvalue weighted by Crippen LogP contribution is 2.16. The lowest BCUT2D eigenvalue weighted by atomic mass is 10.0. The van der Waals surface area contributed by atoms with Crippen LogP contribution in [-0.2, 0) is 4.79 Å². The summed E-state index contributed by atoms with van der Waals surface area (Å²) in [6, 6.07) is -0.736. The van der Waals surface area contributed by atoms with Gasteiger partial charge in [0.15, 0.2) is 0 Å². The van der Waals surface area contributed by atoms with E-state index in [1.165, 1.54) is 0 Å². The number of hydrogen-bond donors (Lipinski definition) is 2. The van der Waals surface area contributed by atoms with Crippen LogP contribution in [0, 0.1) is 5.92 Å². The summed E-state index contributed by atoms with van der Waals surface area (Å²) in [7, 11) is 0. The Labute approximate surface area is 122 Å². The number of aliphatic carboxylic acids is 1. The SMILES string of the molecule is CCCN(CC(F)(F)F)C(=O)NCCC(C)CCC(=O)O. The second kappa shape index (κ2) is 9.46. The van der Waals surface area contributed by atoms with Gasteiger partial charge in [0.1, 0.15) is 6.54 Å². The van der Waals surface area contributed by atoms with Crippen LogP contribution < -0.4 is 5.32 Å². The first-order valence-electron chi connectivity index (χ1n) is 6.97. The molecule has 2 N–H and O–H groups in total. The first-order chi connectivity index (χ1) is 9.65. The molecule has 0 saturated carbocycles. The molecule has 8 heteroatoms. The number of halogens is 3. The minimum Gasteiger partial charge on any atom is -0.481 e. The molecule has 0 aromatic carbocycles. The van der Waals surface area contributed by atoms with Gasteiger partial charge in [0.05, 0.1) is 0 Å². The van der Waals surface area contributed by atoms with Gasteiger partial charge in [-0.15, -0.1) is 0 Å². The second-order valence-electron chi connectivity index (χ2n) is 5.09. The molecule has 21 heavy (non-hydrogen) atoms. The number of carboxylic acids is 1. The molecule has 0 bridgehead atoms. The molecule has 0 aliphatic rings. The fraction of sp³-hybridized carbons (Fsp3) is 0.846. The van der Waals surface area contributed by atoms with E-state index in [0.717, 1.165) is 4.90 Å². The second-order valence-corrected chi connectivity index (χ2v) is 5.09. The third kappa shape index (κ3) is 10.9. The number of carboxylic acid groups (broad SMARTS) is 1. The lowest BCUT2D eigenvalue weighted by molar-refractivity contribution is -0.140. The van der Waals surface area contributed by atoms with E-state index in [1.807, 2.05) is 6.92 Å². The Morgan fingerprint density at radius 1 is 1.29 bits per heavy atom. The van der Waals surface area contributed by atoms with Crippen LogP contribution in [0.4, 0.5) is 18.0 Å². The fourth-order valence-corrected chi connectivity index (χ4v) is 1.79. The van der Waals surface area contributed by atoms with Crippen LogP contribution in [0.15, 0.2) is 0 Å². The molecule has 0 rings (SSSR count). The van der Waals surface area contributed by atoms with Crippen molar-refractivity contribution in [3.05, 3.63) is 0 Å². The molecule has 1 atom stereocenters. The Bertz CT molecular complexity index is 335. The zero-order valence-electron chi connectivity index (χ0n) is 12.4. The van der Waals surface area contributed by atoms with E-state index in [0.29, 0.717) is 19.3 Å². The van der Waals surface area contributed by atoms with E-state index in [2.05, 4.69) is 5.32 Å². The first kappa shape index (κ1) is 19.5. The summed E-state index contributed by atoms with van der Waals surface area (Å²) in [4.78, 5) is 22.8. The Morgan fingerprint density at radius 3 is 2.38 bits per heavy atom. The predicted octanol–water partition coefficient (Wildman–Crippen LogP) is 2.86. The molecule has 5 nitrogen and oxygen atoms in total. The molecule has 0 spiro atoms. The van der Waals surface area contributed by atoms with E-state index in [4.69, 9.17) is 5.11 Å². The summed E-state index contributed by atoms with van der Waals surface area (Å²) >= 11 is 0. The summed E-state index contributed by atoms with van der Waals surface area (Å²) in [5, 5.41) is 11.0. The highest BCUT2D eigenvalue weighted by atomic mass is 19.4. The highest BCUT2D eigenvalue weighted by molar-refractivity contribution is 5.74. The van der Waals surface area contributed by atoms with Crippen LogP contribution in [0.25, 0.3) is 0 Å². The van der Waals surface area contributed by atoms with Crippen LogP contribution in [0.5, 0.6) is 0 Å². The largest absolute Gasteiger partial charge is 0.481 e. The number of hydrogen-bond acceptors (Lipinski definition) is 2. The molecule has 0 aromatic rings.